The second-order valence-electron chi connectivity index (χ2n) is 4.87. The summed E-state index contributed by atoms with van der Waals surface area (Å²) in [5.41, 5.74) is 7.26. The number of nitrogen functional groups attached to an aromatic ring is 1. The Morgan fingerprint density at radius 3 is 2.39 bits per heavy atom. The van der Waals surface area contributed by atoms with E-state index in [-0.39, 0.29) is 18.3 Å². The van der Waals surface area contributed by atoms with Crippen molar-refractivity contribution in [3.63, 3.8) is 0 Å². The molecule has 0 aliphatic heterocycles. The number of benzene rings is 2. The van der Waals surface area contributed by atoms with E-state index in [0.29, 0.717) is 28.4 Å². The highest BCUT2D eigenvalue weighted by Gasteiger charge is 2.08. The molecule has 2 aromatic carbocycles. The Bertz CT molecular complexity index is 711. The maximum Gasteiger partial charge on any atom is 0.262 e. The van der Waals surface area contributed by atoms with Crippen molar-refractivity contribution >= 4 is 23.1 Å². The third-order valence-corrected chi connectivity index (χ3v) is 3.15. The number of ketones is 1. The number of anilines is 2. The van der Waals surface area contributed by atoms with Crippen LogP contribution in [0.5, 0.6) is 11.5 Å². The molecule has 0 aromatic heterocycles. The van der Waals surface area contributed by atoms with Crippen molar-refractivity contribution < 1.29 is 19.1 Å². The van der Waals surface area contributed by atoms with Crippen LogP contribution in [0.3, 0.4) is 0 Å². The van der Waals surface area contributed by atoms with Gasteiger partial charge >= 0.3 is 0 Å². The number of nitrogens with one attached hydrogen (secondary N) is 1. The Morgan fingerprint density at radius 2 is 1.83 bits per heavy atom. The summed E-state index contributed by atoms with van der Waals surface area (Å²) in [7, 11) is 1.57. The third-order valence-electron chi connectivity index (χ3n) is 3.15. The van der Waals surface area contributed by atoms with E-state index in [9.17, 15) is 9.59 Å². The number of Topliss-reactive ketones (excluding diaryl/α,β-unsaturated/α-hetero) is 1. The summed E-state index contributed by atoms with van der Waals surface area (Å²) < 4.78 is 10.4. The van der Waals surface area contributed by atoms with E-state index >= 15 is 0 Å². The van der Waals surface area contributed by atoms with Crippen molar-refractivity contribution in [3.8, 4) is 11.5 Å². The van der Waals surface area contributed by atoms with Gasteiger partial charge in [0.1, 0.15) is 11.5 Å². The summed E-state index contributed by atoms with van der Waals surface area (Å²) >= 11 is 0. The van der Waals surface area contributed by atoms with Gasteiger partial charge in [-0.05, 0) is 49.4 Å². The number of rotatable bonds is 6. The van der Waals surface area contributed by atoms with Gasteiger partial charge in [0.2, 0.25) is 0 Å². The summed E-state index contributed by atoms with van der Waals surface area (Å²) in [6.07, 6.45) is 0. The zero-order valence-corrected chi connectivity index (χ0v) is 13.0. The highest BCUT2D eigenvalue weighted by Crippen LogP contribution is 2.23. The van der Waals surface area contributed by atoms with Crippen LogP contribution in [-0.4, -0.2) is 25.4 Å². The van der Waals surface area contributed by atoms with Gasteiger partial charge in [-0.25, -0.2) is 0 Å². The summed E-state index contributed by atoms with van der Waals surface area (Å²) in [5.74, 6) is 0.670. The first kappa shape index (κ1) is 16.4. The fraction of sp³-hybridized carbons (Fsp3) is 0.176. The lowest BCUT2D eigenvalue weighted by atomic mass is 10.1. The van der Waals surface area contributed by atoms with Gasteiger partial charge in [-0.3, -0.25) is 9.59 Å². The average molecular weight is 314 g/mol. The standard InChI is InChI=1S/C17H18N2O4/c1-11(20)12-3-8-16(15(18)9-12)23-10-17(21)19-13-4-6-14(22-2)7-5-13/h3-9H,10,18H2,1-2H3,(H,19,21). The van der Waals surface area contributed by atoms with Gasteiger partial charge in [-0.15, -0.1) is 0 Å². The van der Waals surface area contributed by atoms with Crippen molar-refractivity contribution in [2.24, 2.45) is 0 Å². The van der Waals surface area contributed by atoms with Crippen molar-refractivity contribution in [1.29, 1.82) is 0 Å². The van der Waals surface area contributed by atoms with Gasteiger partial charge < -0.3 is 20.5 Å². The molecule has 0 saturated heterocycles. The number of hydrogen-bond acceptors (Lipinski definition) is 5. The third kappa shape index (κ3) is 4.47. The van der Waals surface area contributed by atoms with Gasteiger partial charge in [0.15, 0.2) is 12.4 Å². The maximum atomic E-state index is 11.9. The van der Waals surface area contributed by atoms with Crippen LogP contribution in [0.25, 0.3) is 0 Å². The summed E-state index contributed by atoms with van der Waals surface area (Å²) in [6.45, 7) is 1.27. The fourth-order valence-corrected chi connectivity index (χ4v) is 1.91. The molecule has 0 bridgehead atoms. The van der Waals surface area contributed by atoms with Gasteiger partial charge in [0, 0.05) is 11.3 Å². The number of carbonyl (C=O) groups excluding carboxylic acids is 2. The van der Waals surface area contributed by atoms with Gasteiger partial charge in [-0.2, -0.15) is 0 Å². The van der Waals surface area contributed by atoms with Crippen molar-refractivity contribution in [2.45, 2.75) is 6.92 Å². The highest BCUT2D eigenvalue weighted by molar-refractivity contribution is 5.95. The molecule has 0 aliphatic carbocycles. The topological polar surface area (TPSA) is 90.6 Å². The Morgan fingerprint density at radius 1 is 1.13 bits per heavy atom. The van der Waals surface area contributed by atoms with Crippen LogP contribution in [0.1, 0.15) is 17.3 Å². The molecule has 3 N–H and O–H groups in total. The van der Waals surface area contributed by atoms with E-state index in [4.69, 9.17) is 15.2 Å². The van der Waals surface area contributed by atoms with Crippen LogP contribution in [0.4, 0.5) is 11.4 Å². The Kier molecular flexibility index (Phi) is 5.19. The van der Waals surface area contributed by atoms with E-state index < -0.39 is 0 Å². The van der Waals surface area contributed by atoms with Crippen LogP contribution < -0.4 is 20.5 Å². The van der Waals surface area contributed by atoms with Crippen LogP contribution in [0, 0.1) is 0 Å². The molecular formula is C17H18N2O4. The fourth-order valence-electron chi connectivity index (χ4n) is 1.91. The predicted octanol–water partition coefficient (Wildman–Crippen LogP) is 2.50. The summed E-state index contributed by atoms with van der Waals surface area (Å²) in [6, 6.07) is 11.7. The minimum absolute atomic E-state index is 0.0829. The summed E-state index contributed by atoms with van der Waals surface area (Å²) in [4.78, 5) is 23.1. The molecule has 1 amide bonds. The monoisotopic (exact) mass is 314 g/mol. The number of ether oxygens (including phenoxy) is 2. The number of hydrogen-bond donors (Lipinski definition) is 2. The van der Waals surface area contributed by atoms with Crippen molar-refractivity contribution in [2.75, 3.05) is 24.8 Å². The molecule has 6 nitrogen and oxygen atoms in total. The van der Waals surface area contributed by atoms with E-state index in [2.05, 4.69) is 5.32 Å². The van der Waals surface area contributed by atoms with E-state index in [1.165, 1.54) is 13.0 Å². The number of nitrogens with two attached hydrogens (primary N) is 1. The van der Waals surface area contributed by atoms with Crippen LogP contribution in [0.2, 0.25) is 0 Å². The zero-order chi connectivity index (χ0) is 16.8. The molecule has 2 rings (SSSR count). The van der Waals surface area contributed by atoms with Gasteiger partial charge in [0.05, 0.1) is 12.8 Å². The molecule has 23 heavy (non-hydrogen) atoms. The predicted molar refractivity (Wildman–Crippen MR) is 88.0 cm³/mol. The first-order valence-electron chi connectivity index (χ1n) is 6.97. The Balaban J connectivity index is 1.92. The summed E-state index contributed by atoms with van der Waals surface area (Å²) in [5, 5.41) is 2.70. The van der Waals surface area contributed by atoms with Crippen LogP contribution in [0.15, 0.2) is 42.5 Å². The second-order valence-corrected chi connectivity index (χ2v) is 4.87. The van der Waals surface area contributed by atoms with Gasteiger partial charge in [0.25, 0.3) is 5.91 Å². The minimum Gasteiger partial charge on any atom is -0.497 e. The molecule has 6 heteroatoms. The molecule has 0 unspecified atom stereocenters. The lowest BCUT2D eigenvalue weighted by Gasteiger charge is -2.10. The number of methoxy groups -OCH3 is 1. The molecule has 0 spiro atoms. The lowest BCUT2D eigenvalue weighted by molar-refractivity contribution is -0.118. The molecule has 2 aromatic rings. The molecule has 0 heterocycles. The SMILES string of the molecule is COc1ccc(NC(=O)COc2ccc(C(C)=O)cc2N)cc1. The first-order chi connectivity index (χ1) is 11.0. The molecule has 0 saturated carbocycles. The average Bonchev–Trinajstić information content (AvgIpc) is 2.54. The molecule has 0 aliphatic rings. The number of carbonyl (C=O) groups is 2. The van der Waals surface area contributed by atoms with Crippen LogP contribution in [-0.2, 0) is 4.79 Å². The lowest BCUT2D eigenvalue weighted by Crippen LogP contribution is -2.20. The van der Waals surface area contributed by atoms with Crippen molar-refractivity contribution in [3.05, 3.63) is 48.0 Å². The minimum atomic E-state index is -0.315. The first-order valence-corrected chi connectivity index (χ1v) is 6.97. The van der Waals surface area contributed by atoms with Crippen LogP contribution >= 0.6 is 0 Å². The maximum absolute atomic E-state index is 11.9. The molecule has 0 radical (unpaired) electrons. The van der Waals surface area contributed by atoms with E-state index in [1.54, 1.807) is 43.5 Å². The molecule has 0 atom stereocenters. The second kappa shape index (κ2) is 7.31. The molecular weight excluding hydrogens is 296 g/mol. The van der Waals surface area contributed by atoms with E-state index in [0.717, 1.165) is 0 Å². The highest BCUT2D eigenvalue weighted by atomic mass is 16.5. The number of amides is 1. The quantitative estimate of drug-likeness (QED) is 0.631. The largest absolute Gasteiger partial charge is 0.497 e. The Hall–Kier alpha value is -3.02. The zero-order valence-electron chi connectivity index (χ0n) is 13.0. The smallest absolute Gasteiger partial charge is 0.262 e. The molecule has 120 valence electrons. The van der Waals surface area contributed by atoms with Crippen molar-refractivity contribution in [1.82, 2.24) is 0 Å². The van der Waals surface area contributed by atoms with E-state index in [1.807, 2.05) is 0 Å². The Labute approximate surface area is 134 Å². The normalized spacial score (nSPS) is 10.0. The molecule has 0 fully saturated rings. The van der Waals surface area contributed by atoms with Gasteiger partial charge in [-0.1, -0.05) is 0 Å².